The van der Waals surface area contributed by atoms with Gasteiger partial charge in [0, 0.05) is 12.5 Å². The molecule has 0 heterocycles. The Kier molecular flexibility index (Phi) is 5.74. The highest BCUT2D eigenvalue weighted by atomic mass is 19.1. The van der Waals surface area contributed by atoms with E-state index < -0.39 is 0 Å². The van der Waals surface area contributed by atoms with Crippen LogP contribution < -0.4 is 11.1 Å². The fourth-order valence-corrected chi connectivity index (χ4v) is 0.789. The summed E-state index contributed by atoms with van der Waals surface area (Å²) in [5.41, 5.74) is 4.94. The van der Waals surface area contributed by atoms with Crippen LogP contribution in [-0.2, 0) is 4.79 Å². The molecule has 4 heteroatoms. The number of hydrogen-bond acceptors (Lipinski definition) is 2. The average Bonchev–Trinajstić information content (AvgIpc) is 1.86. The lowest BCUT2D eigenvalue weighted by Gasteiger charge is -2.09. The van der Waals surface area contributed by atoms with Crippen molar-refractivity contribution >= 4 is 5.91 Å². The molecule has 3 N–H and O–H groups in total. The van der Waals surface area contributed by atoms with Crippen molar-refractivity contribution in [1.82, 2.24) is 5.32 Å². The number of hydrogen-bond donors (Lipinski definition) is 2. The van der Waals surface area contributed by atoms with Crippen molar-refractivity contribution in [3.05, 3.63) is 0 Å². The minimum Gasteiger partial charge on any atom is -0.370 e. The zero-order valence-corrected chi connectivity index (χ0v) is 6.77. The van der Waals surface area contributed by atoms with Crippen LogP contribution >= 0.6 is 0 Å². The fourth-order valence-electron chi connectivity index (χ4n) is 0.789. The predicted octanol–water partition coefficient (Wildman–Crippen LogP) is 0.199. The van der Waals surface area contributed by atoms with Gasteiger partial charge in [0.1, 0.15) is 0 Å². The van der Waals surface area contributed by atoms with Crippen molar-refractivity contribution in [3.63, 3.8) is 0 Å². The molecule has 0 fully saturated rings. The van der Waals surface area contributed by atoms with Crippen molar-refractivity contribution in [2.45, 2.75) is 25.8 Å². The maximum atomic E-state index is 11.6. The minimum absolute atomic E-state index is 0.0547. The van der Waals surface area contributed by atoms with Crippen molar-refractivity contribution in [2.75, 3.05) is 13.2 Å². The number of alkyl halides is 1. The number of halogens is 1. The van der Waals surface area contributed by atoms with Crippen LogP contribution in [0.15, 0.2) is 0 Å². The van der Waals surface area contributed by atoms with E-state index in [1.54, 1.807) is 0 Å². The summed E-state index contributed by atoms with van der Waals surface area (Å²) in [6, 6.07) is 0.0547. The van der Waals surface area contributed by atoms with E-state index in [0.717, 1.165) is 0 Å². The van der Waals surface area contributed by atoms with Crippen LogP contribution in [0.1, 0.15) is 19.8 Å². The summed E-state index contributed by atoms with van der Waals surface area (Å²) in [5, 5.41) is 2.97. The summed E-state index contributed by atoms with van der Waals surface area (Å²) in [6.45, 7) is 2.13. The molecule has 66 valence electrons. The molecule has 3 nitrogen and oxygen atoms in total. The third-order valence-corrected chi connectivity index (χ3v) is 1.31. The second-order valence-corrected chi connectivity index (χ2v) is 2.57. The summed E-state index contributed by atoms with van der Waals surface area (Å²) in [5.74, 6) is -0.328. The molecule has 0 spiro atoms. The Morgan fingerprint density at radius 3 is 2.82 bits per heavy atom. The summed E-state index contributed by atoms with van der Waals surface area (Å²) in [7, 11) is 0. The van der Waals surface area contributed by atoms with Crippen molar-refractivity contribution in [2.24, 2.45) is 5.73 Å². The van der Waals surface area contributed by atoms with E-state index in [2.05, 4.69) is 5.32 Å². The van der Waals surface area contributed by atoms with E-state index in [1.165, 1.54) is 0 Å². The van der Waals surface area contributed by atoms with Crippen LogP contribution in [0, 0.1) is 0 Å². The molecule has 0 saturated carbocycles. The van der Waals surface area contributed by atoms with Gasteiger partial charge in [0.2, 0.25) is 5.91 Å². The van der Waals surface area contributed by atoms with Gasteiger partial charge in [-0.1, -0.05) is 0 Å². The number of nitrogens with two attached hydrogens (primary N) is 1. The molecule has 1 amide bonds. The fraction of sp³-hybridized carbons (Fsp3) is 0.857. The topological polar surface area (TPSA) is 55.1 Å². The molecule has 0 aromatic carbocycles. The van der Waals surface area contributed by atoms with Gasteiger partial charge < -0.3 is 11.1 Å². The summed E-state index contributed by atoms with van der Waals surface area (Å²) in [4.78, 5) is 10.4. The molecule has 1 atom stereocenters. The van der Waals surface area contributed by atoms with Crippen LogP contribution in [0.5, 0.6) is 0 Å². The Balaban J connectivity index is 3.22. The van der Waals surface area contributed by atoms with Crippen LogP contribution in [0.4, 0.5) is 4.39 Å². The second-order valence-electron chi connectivity index (χ2n) is 2.57. The third kappa shape index (κ3) is 7.25. The zero-order chi connectivity index (χ0) is 8.69. The highest BCUT2D eigenvalue weighted by Gasteiger charge is 2.03. The quantitative estimate of drug-likeness (QED) is 0.548. The first-order valence-electron chi connectivity index (χ1n) is 3.74. The molecular formula is C7H15FN2O. The monoisotopic (exact) mass is 162 g/mol. The van der Waals surface area contributed by atoms with Gasteiger partial charge in [-0.2, -0.15) is 0 Å². The van der Waals surface area contributed by atoms with E-state index in [0.29, 0.717) is 19.4 Å². The van der Waals surface area contributed by atoms with E-state index in [-0.39, 0.29) is 18.6 Å². The Bertz CT molecular complexity index is 119. The summed E-state index contributed by atoms with van der Waals surface area (Å²) >= 11 is 0. The van der Waals surface area contributed by atoms with Gasteiger partial charge in [0.15, 0.2) is 0 Å². The molecule has 0 aliphatic rings. The molecular weight excluding hydrogens is 147 g/mol. The van der Waals surface area contributed by atoms with Crippen LogP contribution in [0.3, 0.4) is 0 Å². The number of amides is 1. The lowest BCUT2D eigenvalue weighted by Crippen LogP contribution is -2.31. The summed E-state index contributed by atoms with van der Waals surface area (Å²) < 4.78 is 11.6. The molecule has 0 aromatic rings. The van der Waals surface area contributed by atoms with Gasteiger partial charge in [-0.3, -0.25) is 9.18 Å². The highest BCUT2D eigenvalue weighted by Crippen LogP contribution is 1.88. The predicted molar refractivity (Wildman–Crippen MR) is 41.9 cm³/mol. The smallest absolute Gasteiger partial charge is 0.218 e. The molecule has 0 aliphatic heterocycles. The van der Waals surface area contributed by atoms with Crippen molar-refractivity contribution < 1.29 is 9.18 Å². The summed E-state index contributed by atoms with van der Waals surface area (Å²) in [6.07, 6.45) is 0.801. The standard InChI is InChI=1S/C7H15FN2O/c1-6(5-7(9)11)10-4-2-3-8/h6,10H,2-5H2,1H3,(H2,9,11). The SMILES string of the molecule is CC(CC(N)=O)NCCCF. The molecule has 0 saturated heterocycles. The largest absolute Gasteiger partial charge is 0.370 e. The van der Waals surface area contributed by atoms with Crippen LogP contribution in [0.2, 0.25) is 0 Å². The maximum absolute atomic E-state index is 11.6. The maximum Gasteiger partial charge on any atom is 0.218 e. The first-order valence-corrected chi connectivity index (χ1v) is 3.74. The molecule has 0 aliphatic carbocycles. The molecule has 1 unspecified atom stereocenters. The van der Waals surface area contributed by atoms with Gasteiger partial charge in [-0.05, 0) is 19.9 Å². The van der Waals surface area contributed by atoms with E-state index in [4.69, 9.17) is 5.73 Å². The lowest BCUT2D eigenvalue weighted by atomic mass is 10.2. The molecule has 0 bridgehead atoms. The Hall–Kier alpha value is -0.640. The minimum atomic E-state index is -0.328. The molecule has 0 rings (SSSR count). The van der Waals surface area contributed by atoms with E-state index in [9.17, 15) is 9.18 Å². The number of carbonyl (C=O) groups is 1. The number of carbonyl (C=O) groups excluding carboxylic acids is 1. The van der Waals surface area contributed by atoms with Gasteiger partial charge in [0.25, 0.3) is 0 Å². The van der Waals surface area contributed by atoms with E-state index in [1.807, 2.05) is 6.92 Å². The lowest BCUT2D eigenvalue weighted by molar-refractivity contribution is -0.118. The van der Waals surface area contributed by atoms with Gasteiger partial charge in [0.05, 0.1) is 6.67 Å². The highest BCUT2D eigenvalue weighted by molar-refractivity contribution is 5.74. The number of primary amides is 1. The first kappa shape index (κ1) is 10.4. The van der Waals surface area contributed by atoms with E-state index >= 15 is 0 Å². The number of rotatable bonds is 6. The van der Waals surface area contributed by atoms with Crippen LogP contribution in [-0.4, -0.2) is 25.2 Å². The Morgan fingerprint density at radius 2 is 2.36 bits per heavy atom. The molecule has 0 radical (unpaired) electrons. The average molecular weight is 162 g/mol. The first-order chi connectivity index (χ1) is 5.16. The van der Waals surface area contributed by atoms with Gasteiger partial charge in [-0.25, -0.2) is 0 Å². The normalized spacial score (nSPS) is 12.9. The second kappa shape index (κ2) is 6.09. The van der Waals surface area contributed by atoms with Crippen LogP contribution in [0.25, 0.3) is 0 Å². The van der Waals surface area contributed by atoms with Crippen molar-refractivity contribution in [1.29, 1.82) is 0 Å². The number of nitrogens with one attached hydrogen (secondary N) is 1. The molecule has 11 heavy (non-hydrogen) atoms. The van der Waals surface area contributed by atoms with Gasteiger partial charge >= 0.3 is 0 Å². The third-order valence-electron chi connectivity index (χ3n) is 1.31. The Labute approximate surface area is 66.1 Å². The molecule has 0 aromatic heterocycles. The van der Waals surface area contributed by atoms with Gasteiger partial charge in [-0.15, -0.1) is 0 Å². The van der Waals surface area contributed by atoms with Crippen molar-refractivity contribution in [3.8, 4) is 0 Å². The zero-order valence-electron chi connectivity index (χ0n) is 6.77. The Morgan fingerprint density at radius 1 is 1.73 bits per heavy atom.